The second kappa shape index (κ2) is 6.20. The maximum atomic E-state index is 11.8. The second-order valence-electron chi connectivity index (χ2n) is 4.31. The molecule has 15 heavy (non-hydrogen) atoms. The van der Waals surface area contributed by atoms with Crippen LogP contribution in [0.5, 0.6) is 0 Å². The van der Waals surface area contributed by atoms with E-state index in [4.69, 9.17) is 9.84 Å². The molecule has 0 aromatic rings. The highest BCUT2D eigenvalue weighted by Crippen LogP contribution is 2.14. The monoisotopic (exact) mass is 215 g/mol. The molecule has 1 atom stereocenters. The van der Waals surface area contributed by atoms with Crippen LogP contribution in [0, 0.1) is 5.92 Å². The molecule has 1 aliphatic heterocycles. The average Bonchev–Trinajstić information content (AvgIpc) is 2.69. The minimum Gasteiger partial charge on any atom is -0.395 e. The fourth-order valence-corrected chi connectivity index (χ4v) is 1.77. The van der Waals surface area contributed by atoms with Crippen molar-refractivity contribution in [1.29, 1.82) is 0 Å². The van der Waals surface area contributed by atoms with E-state index in [1.54, 1.807) is 0 Å². The van der Waals surface area contributed by atoms with E-state index in [0.29, 0.717) is 32.3 Å². The lowest BCUT2D eigenvalue weighted by atomic mass is 10.0. The van der Waals surface area contributed by atoms with Crippen LogP contribution in [0.15, 0.2) is 0 Å². The summed E-state index contributed by atoms with van der Waals surface area (Å²) in [5.74, 6) is 0.319. The molecule has 4 nitrogen and oxygen atoms in total. The zero-order chi connectivity index (χ0) is 11.3. The lowest BCUT2D eigenvalue weighted by Crippen LogP contribution is -2.39. The normalized spacial score (nSPS) is 21.5. The molecule has 0 aromatic heterocycles. The highest BCUT2D eigenvalue weighted by Gasteiger charge is 2.25. The molecule has 0 saturated carbocycles. The Morgan fingerprint density at radius 2 is 2.33 bits per heavy atom. The van der Waals surface area contributed by atoms with Crippen LogP contribution in [0.3, 0.4) is 0 Å². The Bertz CT molecular complexity index is 200. The van der Waals surface area contributed by atoms with Gasteiger partial charge in [0.25, 0.3) is 0 Å². The molecule has 0 radical (unpaired) electrons. The lowest BCUT2D eigenvalue weighted by Gasteiger charge is -2.25. The van der Waals surface area contributed by atoms with E-state index in [-0.39, 0.29) is 18.3 Å². The number of nitrogens with zero attached hydrogens (tertiary/aromatic N) is 1. The van der Waals surface area contributed by atoms with Gasteiger partial charge < -0.3 is 9.84 Å². The van der Waals surface area contributed by atoms with E-state index in [0.717, 1.165) is 6.42 Å². The first-order valence-electron chi connectivity index (χ1n) is 5.60. The summed E-state index contributed by atoms with van der Waals surface area (Å²) in [6, 6.07) is 0.295. The summed E-state index contributed by atoms with van der Waals surface area (Å²) < 4.78 is 5.19. The van der Waals surface area contributed by atoms with Crippen molar-refractivity contribution in [3.63, 3.8) is 0 Å². The molecule has 1 fully saturated rings. The van der Waals surface area contributed by atoms with Crippen LogP contribution in [-0.4, -0.2) is 54.7 Å². The van der Waals surface area contributed by atoms with E-state index in [2.05, 4.69) is 0 Å². The smallest absolute Gasteiger partial charge is 0.152 e. The van der Waals surface area contributed by atoms with Gasteiger partial charge in [-0.2, -0.15) is 0 Å². The largest absolute Gasteiger partial charge is 0.395 e. The Hall–Kier alpha value is -0.450. The second-order valence-corrected chi connectivity index (χ2v) is 4.31. The summed E-state index contributed by atoms with van der Waals surface area (Å²) >= 11 is 0. The van der Waals surface area contributed by atoms with Gasteiger partial charge >= 0.3 is 0 Å². The van der Waals surface area contributed by atoms with Crippen LogP contribution < -0.4 is 0 Å². The quantitative estimate of drug-likeness (QED) is 0.692. The van der Waals surface area contributed by atoms with Crippen LogP contribution in [0.4, 0.5) is 0 Å². The van der Waals surface area contributed by atoms with Crippen molar-refractivity contribution in [3.8, 4) is 0 Å². The molecular formula is C11H21NO3. The van der Waals surface area contributed by atoms with Gasteiger partial charge in [0, 0.05) is 25.1 Å². The highest BCUT2D eigenvalue weighted by atomic mass is 16.5. The maximum Gasteiger partial charge on any atom is 0.152 e. The first-order chi connectivity index (χ1) is 7.15. The summed E-state index contributed by atoms with van der Waals surface area (Å²) in [7, 11) is 0. The topological polar surface area (TPSA) is 49.8 Å². The van der Waals surface area contributed by atoms with E-state index in [9.17, 15) is 4.79 Å². The molecule has 1 rings (SSSR count). The molecule has 88 valence electrons. The fourth-order valence-electron chi connectivity index (χ4n) is 1.77. The molecule has 1 saturated heterocycles. The van der Waals surface area contributed by atoms with Crippen molar-refractivity contribution in [2.75, 3.05) is 32.9 Å². The Morgan fingerprint density at radius 1 is 1.60 bits per heavy atom. The zero-order valence-corrected chi connectivity index (χ0v) is 9.61. The summed E-state index contributed by atoms with van der Waals surface area (Å²) in [4.78, 5) is 13.8. The van der Waals surface area contributed by atoms with E-state index in [1.807, 2.05) is 18.7 Å². The molecule has 1 heterocycles. The molecule has 0 bridgehead atoms. The third kappa shape index (κ3) is 3.89. The number of ether oxygens (including phenoxy) is 1. The Labute approximate surface area is 91.2 Å². The number of carbonyl (C=O) groups is 1. The summed E-state index contributed by atoms with van der Waals surface area (Å²) in [5.41, 5.74) is 0. The number of ketones is 1. The van der Waals surface area contributed by atoms with Crippen molar-refractivity contribution in [2.45, 2.75) is 26.3 Å². The zero-order valence-electron chi connectivity index (χ0n) is 9.61. The minimum absolute atomic E-state index is 0.0740. The first kappa shape index (κ1) is 12.6. The van der Waals surface area contributed by atoms with E-state index < -0.39 is 0 Å². The molecule has 0 amide bonds. The van der Waals surface area contributed by atoms with Gasteiger partial charge in [-0.25, -0.2) is 0 Å². The molecular weight excluding hydrogens is 194 g/mol. The molecule has 1 aliphatic rings. The first-order valence-corrected chi connectivity index (χ1v) is 5.60. The van der Waals surface area contributed by atoms with Crippen LogP contribution in [0.25, 0.3) is 0 Å². The third-order valence-corrected chi connectivity index (χ3v) is 2.86. The van der Waals surface area contributed by atoms with E-state index in [1.165, 1.54) is 0 Å². The number of carbonyl (C=O) groups excluding carboxylic acids is 1. The third-order valence-electron chi connectivity index (χ3n) is 2.86. The molecule has 0 spiro atoms. The molecule has 0 aliphatic carbocycles. The van der Waals surface area contributed by atoms with Crippen LogP contribution in [0.2, 0.25) is 0 Å². The number of aliphatic hydroxyl groups excluding tert-OH is 1. The van der Waals surface area contributed by atoms with Crippen LogP contribution >= 0.6 is 0 Å². The van der Waals surface area contributed by atoms with Gasteiger partial charge in [0.2, 0.25) is 0 Å². The Morgan fingerprint density at radius 3 is 2.80 bits per heavy atom. The summed E-state index contributed by atoms with van der Waals surface area (Å²) in [6.45, 7) is 6.46. The van der Waals surface area contributed by atoms with Crippen LogP contribution in [-0.2, 0) is 9.53 Å². The van der Waals surface area contributed by atoms with Gasteiger partial charge in [-0.05, 0) is 20.3 Å². The van der Waals surface area contributed by atoms with Crippen molar-refractivity contribution in [2.24, 2.45) is 5.92 Å². The van der Waals surface area contributed by atoms with Gasteiger partial charge in [-0.3, -0.25) is 9.69 Å². The van der Waals surface area contributed by atoms with Gasteiger partial charge in [0.1, 0.15) is 0 Å². The standard InChI is InChI=1S/C11H21NO3/c1-9(2)12(4-5-13)7-11(14)10-3-6-15-8-10/h9-10,13H,3-8H2,1-2H3. The van der Waals surface area contributed by atoms with Gasteiger partial charge in [0.05, 0.1) is 19.8 Å². The predicted octanol–water partition coefficient (Wildman–Crippen LogP) is 0.295. The predicted molar refractivity (Wildman–Crippen MR) is 57.7 cm³/mol. The number of hydrogen-bond donors (Lipinski definition) is 1. The molecule has 0 aromatic carbocycles. The Balaban J connectivity index is 2.38. The van der Waals surface area contributed by atoms with Crippen molar-refractivity contribution < 1.29 is 14.6 Å². The summed E-state index contributed by atoms with van der Waals surface area (Å²) in [6.07, 6.45) is 0.851. The fraction of sp³-hybridized carbons (Fsp3) is 0.909. The van der Waals surface area contributed by atoms with Crippen molar-refractivity contribution in [1.82, 2.24) is 4.90 Å². The minimum atomic E-state index is 0.0740. The van der Waals surface area contributed by atoms with Gasteiger partial charge in [-0.15, -0.1) is 0 Å². The van der Waals surface area contributed by atoms with Gasteiger partial charge in [0.15, 0.2) is 5.78 Å². The number of hydrogen-bond acceptors (Lipinski definition) is 4. The molecule has 4 heteroatoms. The molecule has 1 N–H and O–H groups in total. The number of rotatable bonds is 6. The maximum absolute atomic E-state index is 11.8. The number of Topliss-reactive ketones (excluding diaryl/α,β-unsaturated/α-hetero) is 1. The van der Waals surface area contributed by atoms with Crippen molar-refractivity contribution >= 4 is 5.78 Å². The number of aliphatic hydroxyl groups is 1. The summed E-state index contributed by atoms with van der Waals surface area (Å²) in [5, 5.41) is 8.89. The molecule has 1 unspecified atom stereocenters. The van der Waals surface area contributed by atoms with E-state index >= 15 is 0 Å². The van der Waals surface area contributed by atoms with Crippen LogP contribution in [0.1, 0.15) is 20.3 Å². The SMILES string of the molecule is CC(C)N(CCO)CC(=O)C1CCOC1. The van der Waals surface area contributed by atoms with Gasteiger partial charge in [-0.1, -0.05) is 0 Å². The Kier molecular flexibility index (Phi) is 5.22. The lowest BCUT2D eigenvalue weighted by molar-refractivity contribution is -0.124. The average molecular weight is 215 g/mol. The highest BCUT2D eigenvalue weighted by molar-refractivity contribution is 5.83. The van der Waals surface area contributed by atoms with Crippen molar-refractivity contribution in [3.05, 3.63) is 0 Å².